The van der Waals surface area contributed by atoms with Crippen LogP contribution in [0.15, 0.2) is 66.0 Å². The third-order valence-electron chi connectivity index (χ3n) is 6.18. The molecule has 0 spiro atoms. The number of ether oxygens (including phenoxy) is 1. The Morgan fingerprint density at radius 3 is 2.53 bits per heavy atom. The number of hydrogen-bond acceptors (Lipinski definition) is 4. The summed E-state index contributed by atoms with van der Waals surface area (Å²) in [4.78, 5) is 29.6. The van der Waals surface area contributed by atoms with Gasteiger partial charge in [0.1, 0.15) is 17.6 Å². The van der Waals surface area contributed by atoms with E-state index < -0.39 is 6.04 Å². The van der Waals surface area contributed by atoms with Crippen LogP contribution >= 0.6 is 11.3 Å². The number of nitrogens with one attached hydrogen (secondary N) is 1. The van der Waals surface area contributed by atoms with E-state index in [1.807, 2.05) is 29.6 Å². The zero-order valence-corrected chi connectivity index (χ0v) is 20.0. The Bertz CT molecular complexity index is 1100. The maximum absolute atomic E-state index is 13.8. The molecule has 0 radical (unpaired) electrons. The van der Waals surface area contributed by atoms with Crippen LogP contribution in [0.1, 0.15) is 58.9 Å². The molecule has 0 bridgehead atoms. The molecule has 7 heteroatoms. The zero-order chi connectivity index (χ0) is 23.9. The third kappa shape index (κ3) is 5.83. The molecule has 1 fully saturated rings. The molecule has 1 aliphatic rings. The Hall–Kier alpha value is -3.19. The van der Waals surface area contributed by atoms with Crippen LogP contribution in [0.4, 0.5) is 4.39 Å². The average Bonchev–Trinajstić information content (AvgIpc) is 3.40. The predicted molar refractivity (Wildman–Crippen MR) is 131 cm³/mol. The van der Waals surface area contributed by atoms with Crippen LogP contribution in [0.25, 0.3) is 0 Å². The first kappa shape index (κ1) is 24.0. The molecule has 5 nitrogen and oxygen atoms in total. The van der Waals surface area contributed by atoms with Gasteiger partial charge in [0.05, 0.1) is 12.0 Å². The first-order valence-electron chi connectivity index (χ1n) is 11.6. The second-order valence-corrected chi connectivity index (χ2v) is 9.51. The Balaban J connectivity index is 1.74. The Labute approximate surface area is 203 Å². The van der Waals surface area contributed by atoms with Crippen LogP contribution in [-0.4, -0.2) is 29.9 Å². The highest BCUT2D eigenvalue weighted by Crippen LogP contribution is 2.30. The Kier molecular flexibility index (Phi) is 7.95. The summed E-state index contributed by atoms with van der Waals surface area (Å²) in [6.45, 7) is 0.164. The van der Waals surface area contributed by atoms with Crippen LogP contribution in [0.3, 0.4) is 0 Å². The maximum Gasteiger partial charge on any atom is 0.265 e. The molecule has 178 valence electrons. The molecule has 0 saturated heterocycles. The minimum atomic E-state index is -0.864. The van der Waals surface area contributed by atoms with Crippen molar-refractivity contribution in [2.24, 2.45) is 0 Å². The summed E-state index contributed by atoms with van der Waals surface area (Å²) in [5, 5.41) is 5.04. The molecule has 1 N–H and O–H groups in total. The van der Waals surface area contributed by atoms with Gasteiger partial charge in [0, 0.05) is 12.6 Å². The van der Waals surface area contributed by atoms with Crippen molar-refractivity contribution >= 4 is 23.2 Å². The summed E-state index contributed by atoms with van der Waals surface area (Å²) in [6, 6.07) is 16.1. The lowest BCUT2D eigenvalue weighted by molar-refractivity contribution is -0.127. The minimum Gasteiger partial charge on any atom is -0.497 e. The highest BCUT2D eigenvalue weighted by Gasteiger charge is 2.34. The van der Waals surface area contributed by atoms with Crippen molar-refractivity contribution in [1.82, 2.24) is 10.2 Å². The lowest BCUT2D eigenvalue weighted by Gasteiger charge is -2.33. The van der Waals surface area contributed by atoms with Crippen LogP contribution in [0.2, 0.25) is 0 Å². The van der Waals surface area contributed by atoms with Crippen LogP contribution in [0, 0.1) is 5.82 Å². The van der Waals surface area contributed by atoms with Crippen molar-refractivity contribution in [3.63, 3.8) is 0 Å². The van der Waals surface area contributed by atoms with E-state index >= 15 is 0 Å². The van der Waals surface area contributed by atoms with Gasteiger partial charge in [-0.05, 0) is 59.7 Å². The fraction of sp³-hybridized carbons (Fsp3) is 0.333. The average molecular weight is 481 g/mol. The number of halogens is 1. The summed E-state index contributed by atoms with van der Waals surface area (Å²) in [5.74, 6) is -0.198. The summed E-state index contributed by atoms with van der Waals surface area (Å²) < 4.78 is 18.9. The Morgan fingerprint density at radius 2 is 1.85 bits per heavy atom. The van der Waals surface area contributed by atoms with Crippen molar-refractivity contribution in [1.29, 1.82) is 0 Å². The van der Waals surface area contributed by atoms with E-state index in [4.69, 9.17) is 4.74 Å². The van der Waals surface area contributed by atoms with E-state index in [1.54, 1.807) is 36.3 Å². The molecular formula is C27H29FN2O3S. The molecule has 0 aliphatic heterocycles. The molecule has 1 atom stereocenters. The number of carbonyl (C=O) groups excluding carboxylic acids is 2. The number of carbonyl (C=O) groups is 2. The van der Waals surface area contributed by atoms with Crippen LogP contribution in [0.5, 0.6) is 5.75 Å². The van der Waals surface area contributed by atoms with Gasteiger partial charge in [-0.1, -0.05) is 49.6 Å². The largest absolute Gasteiger partial charge is 0.497 e. The number of thiophene rings is 1. The van der Waals surface area contributed by atoms with Gasteiger partial charge in [0.2, 0.25) is 5.91 Å². The quantitative estimate of drug-likeness (QED) is 0.448. The van der Waals surface area contributed by atoms with Gasteiger partial charge in [-0.3, -0.25) is 9.59 Å². The van der Waals surface area contributed by atoms with Gasteiger partial charge >= 0.3 is 0 Å². The second-order valence-electron chi connectivity index (χ2n) is 8.56. The smallest absolute Gasteiger partial charge is 0.265 e. The van der Waals surface area contributed by atoms with Crippen molar-refractivity contribution in [3.8, 4) is 5.75 Å². The predicted octanol–water partition coefficient (Wildman–Crippen LogP) is 5.73. The topological polar surface area (TPSA) is 58.6 Å². The van der Waals surface area contributed by atoms with E-state index in [1.165, 1.54) is 29.9 Å². The Morgan fingerprint density at radius 1 is 1.09 bits per heavy atom. The van der Waals surface area contributed by atoms with E-state index in [0.717, 1.165) is 31.2 Å². The number of amides is 2. The minimum absolute atomic E-state index is 0.0962. The number of nitrogens with zero attached hydrogens (tertiary/aromatic N) is 1. The number of hydrogen-bond donors (Lipinski definition) is 1. The van der Waals surface area contributed by atoms with Gasteiger partial charge < -0.3 is 15.0 Å². The summed E-state index contributed by atoms with van der Waals surface area (Å²) in [7, 11) is 1.57. The van der Waals surface area contributed by atoms with Gasteiger partial charge in [-0.15, -0.1) is 11.3 Å². The lowest BCUT2D eigenvalue weighted by Crippen LogP contribution is -2.46. The zero-order valence-electron chi connectivity index (χ0n) is 19.2. The molecule has 2 aromatic carbocycles. The summed E-state index contributed by atoms with van der Waals surface area (Å²) in [5.41, 5.74) is 1.41. The molecule has 1 aliphatic carbocycles. The van der Waals surface area contributed by atoms with Crippen molar-refractivity contribution in [2.45, 2.75) is 50.7 Å². The van der Waals surface area contributed by atoms with Crippen LogP contribution < -0.4 is 10.1 Å². The molecule has 1 aromatic heterocycles. The fourth-order valence-electron chi connectivity index (χ4n) is 4.42. The number of rotatable bonds is 8. The molecule has 0 unspecified atom stereocenters. The molecule has 1 heterocycles. The second kappa shape index (κ2) is 11.3. The van der Waals surface area contributed by atoms with E-state index in [2.05, 4.69) is 5.32 Å². The van der Waals surface area contributed by atoms with Crippen molar-refractivity contribution in [3.05, 3.63) is 87.9 Å². The highest BCUT2D eigenvalue weighted by atomic mass is 32.1. The van der Waals surface area contributed by atoms with Gasteiger partial charge in [-0.25, -0.2) is 4.39 Å². The fourth-order valence-corrected chi connectivity index (χ4v) is 5.10. The van der Waals surface area contributed by atoms with Gasteiger partial charge in [0.25, 0.3) is 5.91 Å². The summed E-state index contributed by atoms with van der Waals surface area (Å²) >= 11 is 1.33. The van der Waals surface area contributed by atoms with Crippen molar-refractivity contribution in [2.75, 3.05) is 7.11 Å². The lowest BCUT2D eigenvalue weighted by atomic mass is 9.94. The van der Waals surface area contributed by atoms with Crippen molar-refractivity contribution < 1.29 is 18.7 Å². The van der Waals surface area contributed by atoms with E-state index in [9.17, 15) is 14.0 Å². The van der Waals surface area contributed by atoms with Gasteiger partial charge in [0.15, 0.2) is 0 Å². The maximum atomic E-state index is 13.8. The molecule has 2 amide bonds. The molecule has 3 aromatic rings. The standard InChI is InChI=1S/C27H29FN2O3S/c1-33-23-10-5-7-20(17-23)25(26(31)29-22-8-3-2-4-9-22)30(27(32)24-11-6-16-34-24)18-19-12-14-21(28)15-13-19/h5-7,10-17,22,25H,2-4,8-9,18H2,1H3,(H,29,31)/t25-/m0/s1. The normalized spacial score (nSPS) is 14.9. The molecule has 4 rings (SSSR count). The molecular weight excluding hydrogens is 451 g/mol. The first-order valence-corrected chi connectivity index (χ1v) is 12.5. The van der Waals surface area contributed by atoms with Crippen LogP contribution in [-0.2, 0) is 11.3 Å². The highest BCUT2D eigenvalue weighted by molar-refractivity contribution is 7.12. The number of methoxy groups -OCH3 is 1. The van der Waals surface area contributed by atoms with Gasteiger partial charge in [-0.2, -0.15) is 0 Å². The third-order valence-corrected chi connectivity index (χ3v) is 7.04. The molecule has 1 saturated carbocycles. The van der Waals surface area contributed by atoms with E-state index in [0.29, 0.717) is 16.2 Å². The SMILES string of the molecule is COc1cccc([C@@H](C(=O)NC2CCCCC2)N(Cc2ccc(F)cc2)C(=O)c2cccs2)c1. The summed E-state index contributed by atoms with van der Waals surface area (Å²) in [6.07, 6.45) is 5.23. The number of benzene rings is 2. The monoisotopic (exact) mass is 480 g/mol. The molecule has 34 heavy (non-hydrogen) atoms. The first-order chi connectivity index (χ1) is 16.5. The van der Waals surface area contributed by atoms with E-state index in [-0.39, 0.29) is 30.2 Å².